The monoisotopic (exact) mass is 484 g/mol. The predicted molar refractivity (Wildman–Crippen MR) is 66.6 cm³/mol. The van der Waals surface area contributed by atoms with Crippen LogP contribution in [0.3, 0.4) is 0 Å². The van der Waals surface area contributed by atoms with Gasteiger partial charge >= 0.3 is 18.5 Å². The lowest BCUT2D eigenvalue weighted by Gasteiger charge is -2.21. The van der Waals surface area contributed by atoms with Gasteiger partial charge in [-0.15, -0.1) is 0 Å². The molecule has 0 spiro atoms. The molecule has 16 heteroatoms. The summed E-state index contributed by atoms with van der Waals surface area (Å²) in [6.45, 7) is 0. The summed E-state index contributed by atoms with van der Waals surface area (Å²) in [7, 11) is 0. The Hall–Kier alpha value is -2.68. The van der Waals surface area contributed by atoms with E-state index in [-0.39, 0.29) is 0 Å². The first-order chi connectivity index (χ1) is 13.7. The summed E-state index contributed by atoms with van der Waals surface area (Å²) in [5.74, 6) is -24.4. The van der Waals surface area contributed by atoms with Crippen molar-refractivity contribution in [3.8, 4) is 11.1 Å². The molecule has 0 N–H and O–H groups in total. The van der Waals surface area contributed by atoms with Gasteiger partial charge in [0, 0.05) is 5.56 Å². The molecule has 2 aromatic rings. The molecule has 0 aliphatic carbocycles. The Morgan fingerprint density at radius 2 is 0.548 bits per heavy atom. The van der Waals surface area contributed by atoms with Crippen LogP contribution in [0.15, 0.2) is 0 Å². The Balaban J connectivity index is 3.21. The van der Waals surface area contributed by atoms with E-state index in [0.717, 1.165) is 0 Å². The molecule has 0 atom stereocenters. The predicted octanol–water partition coefficient (Wildman–Crippen LogP) is 7.38. The largest absolute Gasteiger partial charge is 0.422 e. The first-order valence-electron chi connectivity index (χ1n) is 7.02. The van der Waals surface area contributed by atoms with E-state index in [1.54, 1.807) is 0 Å². The topological polar surface area (TPSA) is 0 Å². The van der Waals surface area contributed by atoms with Crippen LogP contribution >= 0.6 is 0 Å². The van der Waals surface area contributed by atoms with Gasteiger partial charge in [0.1, 0.15) is 16.7 Å². The van der Waals surface area contributed by atoms with Crippen molar-refractivity contribution in [3.63, 3.8) is 0 Å². The highest BCUT2D eigenvalue weighted by atomic mass is 19.4. The van der Waals surface area contributed by atoms with E-state index in [4.69, 9.17) is 0 Å². The Bertz CT molecular complexity index is 1020. The summed E-state index contributed by atoms with van der Waals surface area (Å²) in [6, 6.07) is 0. The zero-order valence-corrected chi connectivity index (χ0v) is 13.5. The molecule has 0 unspecified atom stereocenters. The number of rotatable bonds is 1. The number of halogens is 16. The molecular formula is C15F16. The molecule has 0 saturated heterocycles. The number of benzene rings is 2. The highest BCUT2D eigenvalue weighted by Gasteiger charge is 2.50. The maximum Gasteiger partial charge on any atom is 0.422 e. The second kappa shape index (κ2) is 7.19. The van der Waals surface area contributed by atoms with Crippen LogP contribution in [0.4, 0.5) is 70.2 Å². The average molecular weight is 484 g/mol. The van der Waals surface area contributed by atoms with Crippen molar-refractivity contribution in [2.75, 3.05) is 0 Å². The summed E-state index contributed by atoms with van der Waals surface area (Å²) in [5, 5.41) is 0. The van der Waals surface area contributed by atoms with Crippen molar-refractivity contribution in [2.45, 2.75) is 18.5 Å². The van der Waals surface area contributed by atoms with Crippen LogP contribution in [0.2, 0.25) is 0 Å². The van der Waals surface area contributed by atoms with Gasteiger partial charge < -0.3 is 0 Å². The van der Waals surface area contributed by atoms with Gasteiger partial charge in [0.25, 0.3) is 0 Å². The van der Waals surface area contributed by atoms with E-state index < -0.39 is 87.1 Å². The molecule has 2 aromatic carbocycles. The first kappa shape index (κ1) is 24.6. The van der Waals surface area contributed by atoms with Crippen molar-refractivity contribution >= 4 is 0 Å². The lowest BCUT2D eigenvalue weighted by Crippen LogP contribution is -2.22. The third kappa shape index (κ3) is 3.86. The minimum Gasteiger partial charge on any atom is -0.206 e. The maximum atomic E-state index is 14.1. The van der Waals surface area contributed by atoms with Gasteiger partial charge in [0.2, 0.25) is 0 Å². The Labute approximate surface area is 158 Å². The lowest BCUT2D eigenvalue weighted by molar-refractivity contribution is -0.149. The average Bonchev–Trinajstić information content (AvgIpc) is 2.54. The minimum absolute atomic E-state index is 3.06. The van der Waals surface area contributed by atoms with E-state index >= 15 is 0 Å². The number of hydrogen-bond acceptors (Lipinski definition) is 0. The summed E-state index contributed by atoms with van der Waals surface area (Å²) < 4.78 is 212. The van der Waals surface area contributed by atoms with Gasteiger partial charge in [-0.3, -0.25) is 0 Å². The zero-order chi connectivity index (χ0) is 24.4. The Morgan fingerprint density at radius 3 is 0.839 bits per heavy atom. The fourth-order valence-corrected chi connectivity index (χ4v) is 2.51. The lowest BCUT2D eigenvalue weighted by atomic mass is 9.92. The highest BCUT2D eigenvalue weighted by molar-refractivity contribution is 5.72. The molecule has 0 radical (unpaired) electrons. The Kier molecular flexibility index (Phi) is 5.70. The first-order valence-corrected chi connectivity index (χ1v) is 7.02. The molecule has 2 rings (SSSR count). The van der Waals surface area contributed by atoms with Gasteiger partial charge in [-0.25, -0.2) is 30.7 Å². The second-order valence-corrected chi connectivity index (χ2v) is 5.57. The minimum atomic E-state index is -6.51. The van der Waals surface area contributed by atoms with Crippen LogP contribution < -0.4 is 0 Å². The molecule has 0 bridgehead atoms. The van der Waals surface area contributed by atoms with Crippen molar-refractivity contribution in [1.29, 1.82) is 0 Å². The van der Waals surface area contributed by atoms with Crippen LogP contribution in [0, 0.1) is 40.7 Å². The third-order valence-corrected chi connectivity index (χ3v) is 3.68. The van der Waals surface area contributed by atoms with Crippen LogP contribution in [0.5, 0.6) is 0 Å². The molecule has 172 valence electrons. The summed E-state index contributed by atoms with van der Waals surface area (Å²) in [5.41, 5.74) is -16.6. The molecule has 0 aliphatic heterocycles. The van der Waals surface area contributed by atoms with Gasteiger partial charge in [-0.1, -0.05) is 0 Å². The van der Waals surface area contributed by atoms with Gasteiger partial charge in [0.05, 0.1) is 5.56 Å². The molecule has 0 fully saturated rings. The standard InChI is InChI=1S/C15F16/c16-6-1(2-7(17)11(21)5(15(29,30)31)12(22)8(2)18)3(13(23,24)25)9(19)4(10(6)20)14(26,27)28. The van der Waals surface area contributed by atoms with E-state index in [0.29, 0.717) is 0 Å². The summed E-state index contributed by atoms with van der Waals surface area (Å²) in [4.78, 5) is 0. The van der Waals surface area contributed by atoms with Crippen LogP contribution in [-0.2, 0) is 18.5 Å². The van der Waals surface area contributed by atoms with Crippen molar-refractivity contribution in [2.24, 2.45) is 0 Å². The molecule has 31 heavy (non-hydrogen) atoms. The van der Waals surface area contributed by atoms with Crippen molar-refractivity contribution in [1.82, 2.24) is 0 Å². The molecular weight excluding hydrogens is 484 g/mol. The Morgan fingerprint density at radius 1 is 0.290 bits per heavy atom. The van der Waals surface area contributed by atoms with E-state index in [1.807, 2.05) is 0 Å². The van der Waals surface area contributed by atoms with Crippen molar-refractivity contribution in [3.05, 3.63) is 57.4 Å². The van der Waals surface area contributed by atoms with Crippen LogP contribution in [0.25, 0.3) is 11.1 Å². The van der Waals surface area contributed by atoms with Crippen LogP contribution in [-0.4, -0.2) is 0 Å². The van der Waals surface area contributed by atoms with E-state index in [9.17, 15) is 70.2 Å². The summed E-state index contributed by atoms with van der Waals surface area (Å²) >= 11 is 0. The number of alkyl halides is 9. The maximum absolute atomic E-state index is 14.1. The van der Waals surface area contributed by atoms with Crippen LogP contribution in [0.1, 0.15) is 16.7 Å². The van der Waals surface area contributed by atoms with Crippen molar-refractivity contribution < 1.29 is 70.2 Å². The smallest absolute Gasteiger partial charge is 0.206 e. The fraction of sp³-hybridized carbons (Fsp3) is 0.200. The molecule has 0 aromatic heterocycles. The molecule has 0 heterocycles. The quantitative estimate of drug-likeness (QED) is 0.293. The highest BCUT2D eigenvalue weighted by Crippen LogP contribution is 2.49. The zero-order valence-electron chi connectivity index (χ0n) is 13.5. The molecule has 0 nitrogen and oxygen atoms in total. The van der Waals surface area contributed by atoms with E-state index in [2.05, 4.69) is 0 Å². The second-order valence-electron chi connectivity index (χ2n) is 5.57. The van der Waals surface area contributed by atoms with Gasteiger partial charge in [-0.2, -0.15) is 39.5 Å². The van der Waals surface area contributed by atoms with Gasteiger partial charge in [0.15, 0.2) is 40.7 Å². The molecule has 0 saturated carbocycles. The SMILES string of the molecule is Fc1c(F)c(C(F)(F)F)c(F)c(F)c1-c1c(F)c(F)c(C(F)(F)F)c(F)c1C(F)(F)F. The molecule has 0 aliphatic rings. The normalized spacial score (nSPS) is 13.2. The molecule has 0 amide bonds. The number of hydrogen-bond donors (Lipinski definition) is 0. The fourth-order valence-electron chi connectivity index (χ4n) is 2.51. The van der Waals surface area contributed by atoms with Gasteiger partial charge in [-0.05, 0) is 0 Å². The third-order valence-electron chi connectivity index (χ3n) is 3.68. The summed E-state index contributed by atoms with van der Waals surface area (Å²) in [6.07, 6.45) is -19.1. The van der Waals surface area contributed by atoms with E-state index in [1.165, 1.54) is 0 Å².